The Hall–Kier alpha value is -2.83. The fourth-order valence-electron chi connectivity index (χ4n) is 1.84. The maximum Gasteiger partial charge on any atom is 0.350 e. The Bertz CT molecular complexity index is 775. The van der Waals surface area contributed by atoms with Gasteiger partial charge in [-0.25, -0.2) is 13.9 Å². The highest BCUT2D eigenvalue weighted by atomic mass is 16.5. The van der Waals surface area contributed by atoms with Gasteiger partial charge in [0.05, 0.1) is 12.7 Å². The van der Waals surface area contributed by atoms with E-state index in [0.717, 1.165) is 0 Å². The SMILES string of the molecule is Nc1ccc(OCCn2nc3cnccn3c2=O)cc1. The average molecular weight is 271 g/mol. The predicted octanol–water partition coefficient (Wildman–Crippen LogP) is 0.552. The van der Waals surface area contributed by atoms with E-state index in [1.54, 1.807) is 42.9 Å². The van der Waals surface area contributed by atoms with Crippen LogP contribution < -0.4 is 16.2 Å². The van der Waals surface area contributed by atoms with E-state index in [4.69, 9.17) is 10.5 Å². The normalized spacial score (nSPS) is 10.8. The van der Waals surface area contributed by atoms with Crippen LogP contribution in [0.15, 0.2) is 47.7 Å². The van der Waals surface area contributed by atoms with Crippen LogP contribution in [0.5, 0.6) is 5.75 Å². The quantitative estimate of drug-likeness (QED) is 0.700. The maximum atomic E-state index is 12.0. The van der Waals surface area contributed by atoms with Gasteiger partial charge in [0.15, 0.2) is 5.65 Å². The fourth-order valence-corrected chi connectivity index (χ4v) is 1.84. The molecule has 2 aromatic heterocycles. The zero-order valence-corrected chi connectivity index (χ0v) is 10.6. The number of ether oxygens (including phenoxy) is 1. The summed E-state index contributed by atoms with van der Waals surface area (Å²) in [4.78, 5) is 15.9. The zero-order valence-electron chi connectivity index (χ0n) is 10.6. The minimum atomic E-state index is -0.205. The summed E-state index contributed by atoms with van der Waals surface area (Å²) in [5.74, 6) is 0.706. The Morgan fingerprint density at radius 3 is 2.80 bits per heavy atom. The third-order valence-electron chi connectivity index (χ3n) is 2.84. The Labute approximate surface area is 114 Å². The summed E-state index contributed by atoms with van der Waals surface area (Å²) in [5, 5.41) is 4.16. The minimum absolute atomic E-state index is 0.205. The predicted molar refractivity (Wildman–Crippen MR) is 73.6 cm³/mol. The topological polar surface area (TPSA) is 87.4 Å². The number of nitrogens with zero attached hydrogens (tertiary/aromatic N) is 4. The van der Waals surface area contributed by atoms with Crippen LogP contribution >= 0.6 is 0 Å². The number of benzene rings is 1. The number of hydrogen-bond acceptors (Lipinski definition) is 5. The van der Waals surface area contributed by atoms with Gasteiger partial charge >= 0.3 is 5.69 Å². The number of fused-ring (bicyclic) bond motifs is 1. The molecular formula is C13H13N5O2. The van der Waals surface area contributed by atoms with E-state index >= 15 is 0 Å². The lowest BCUT2D eigenvalue weighted by Crippen LogP contribution is -2.23. The van der Waals surface area contributed by atoms with Crippen molar-refractivity contribution in [2.75, 3.05) is 12.3 Å². The highest BCUT2D eigenvalue weighted by molar-refractivity contribution is 5.41. The van der Waals surface area contributed by atoms with Crippen molar-refractivity contribution < 1.29 is 4.74 Å². The summed E-state index contributed by atoms with van der Waals surface area (Å²) in [6, 6.07) is 7.09. The summed E-state index contributed by atoms with van der Waals surface area (Å²) in [6.45, 7) is 0.714. The van der Waals surface area contributed by atoms with Gasteiger partial charge in [-0.2, -0.15) is 0 Å². The molecule has 2 heterocycles. The molecule has 0 fully saturated rings. The molecule has 0 aliphatic carbocycles. The first-order chi connectivity index (χ1) is 9.74. The molecule has 3 rings (SSSR count). The first-order valence-electron chi connectivity index (χ1n) is 6.11. The van der Waals surface area contributed by atoms with Crippen molar-refractivity contribution in [1.29, 1.82) is 0 Å². The van der Waals surface area contributed by atoms with Crippen LogP contribution in [0.2, 0.25) is 0 Å². The van der Waals surface area contributed by atoms with Crippen LogP contribution in [0.1, 0.15) is 0 Å². The summed E-state index contributed by atoms with van der Waals surface area (Å²) >= 11 is 0. The van der Waals surface area contributed by atoms with Gasteiger partial charge in [0.1, 0.15) is 12.4 Å². The van der Waals surface area contributed by atoms with Gasteiger partial charge in [0.2, 0.25) is 0 Å². The van der Waals surface area contributed by atoms with Gasteiger partial charge in [-0.3, -0.25) is 4.98 Å². The Kier molecular flexibility index (Phi) is 3.08. The van der Waals surface area contributed by atoms with Gasteiger partial charge in [0, 0.05) is 18.1 Å². The molecule has 0 unspecified atom stereocenters. The molecule has 7 nitrogen and oxygen atoms in total. The van der Waals surface area contributed by atoms with Gasteiger partial charge in [0.25, 0.3) is 0 Å². The second kappa shape index (κ2) is 5.04. The van der Waals surface area contributed by atoms with E-state index in [9.17, 15) is 4.79 Å². The first-order valence-corrected chi connectivity index (χ1v) is 6.11. The maximum absolute atomic E-state index is 12.0. The smallest absolute Gasteiger partial charge is 0.350 e. The van der Waals surface area contributed by atoms with Gasteiger partial charge in [-0.15, -0.1) is 5.10 Å². The molecule has 0 aliphatic heterocycles. The van der Waals surface area contributed by atoms with Crippen molar-refractivity contribution in [2.24, 2.45) is 0 Å². The molecular weight excluding hydrogens is 258 g/mol. The Morgan fingerprint density at radius 2 is 2.05 bits per heavy atom. The lowest BCUT2D eigenvalue weighted by atomic mass is 10.3. The zero-order chi connectivity index (χ0) is 13.9. The number of nitrogen functional groups attached to an aromatic ring is 1. The standard InChI is InChI=1S/C13H13N5O2/c14-10-1-3-11(4-2-10)20-8-7-18-13(19)17-6-5-15-9-12(17)16-18/h1-6,9H,7-8,14H2. The second-order valence-corrected chi connectivity index (χ2v) is 4.23. The monoisotopic (exact) mass is 271 g/mol. The third-order valence-corrected chi connectivity index (χ3v) is 2.84. The molecule has 0 aliphatic rings. The van der Waals surface area contributed by atoms with E-state index in [0.29, 0.717) is 30.2 Å². The van der Waals surface area contributed by atoms with Crippen LogP contribution in [-0.4, -0.2) is 25.8 Å². The molecule has 2 N–H and O–H groups in total. The third kappa shape index (κ3) is 2.33. The number of hydrogen-bond donors (Lipinski definition) is 1. The van der Waals surface area contributed by atoms with Crippen LogP contribution in [0, 0.1) is 0 Å². The van der Waals surface area contributed by atoms with Crippen LogP contribution in [0.4, 0.5) is 5.69 Å². The van der Waals surface area contributed by atoms with E-state index in [1.807, 2.05) is 0 Å². The molecule has 0 bridgehead atoms. The van der Waals surface area contributed by atoms with Gasteiger partial charge < -0.3 is 10.5 Å². The average Bonchev–Trinajstić information content (AvgIpc) is 2.78. The van der Waals surface area contributed by atoms with Crippen molar-refractivity contribution >= 4 is 11.3 Å². The molecule has 0 spiro atoms. The molecule has 102 valence electrons. The number of aromatic nitrogens is 4. The van der Waals surface area contributed by atoms with Crippen molar-refractivity contribution in [2.45, 2.75) is 6.54 Å². The summed E-state index contributed by atoms with van der Waals surface area (Å²) in [6.07, 6.45) is 4.67. The largest absolute Gasteiger partial charge is 0.492 e. The highest BCUT2D eigenvalue weighted by Crippen LogP contribution is 2.12. The highest BCUT2D eigenvalue weighted by Gasteiger charge is 2.05. The molecule has 0 atom stereocenters. The molecule has 0 saturated carbocycles. The fraction of sp³-hybridized carbons (Fsp3) is 0.154. The van der Waals surface area contributed by atoms with Crippen LogP contribution in [0.25, 0.3) is 5.65 Å². The van der Waals surface area contributed by atoms with Crippen molar-refractivity contribution in [1.82, 2.24) is 19.2 Å². The van der Waals surface area contributed by atoms with Crippen molar-refractivity contribution in [3.63, 3.8) is 0 Å². The van der Waals surface area contributed by atoms with Crippen LogP contribution in [0.3, 0.4) is 0 Å². The number of rotatable bonds is 4. The van der Waals surface area contributed by atoms with Crippen molar-refractivity contribution in [3.8, 4) is 5.75 Å². The van der Waals surface area contributed by atoms with Gasteiger partial charge in [-0.05, 0) is 24.3 Å². The Morgan fingerprint density at radius 1 is 1.25 bits per heavy atom. The van der Waals surface area contributed by atoms with E-state index in [-0.39, 0.29) is 5.69 Å². The molecule has 1 aromatic carbocycles. The lowest BCUT2D eigenvalue weighted by Gasteiger charge is -2.05. The first kappa shape index (κ1) is 12.2. The second-order valence-electron chi connectivity index (χ2n) is 4.23. The lowest BCUT2D eigenvalue weighted by molar-refractivity contribution is 0.289. The summed E-state index contributed by atoms with van der Waals surface area (Å²) in [5.41, 5.74) is 6.58. The molecule has 7 heteroatoms. The minimum Gasteiger partial charge on any atom is -0.492 e. The molecule has 3 aromatic rings. The molecule has 0 amide bonds. The number of nitrogens with two attached hydrogens (primary N) is 1. The molecule has 20 heavy (non-hydrogen) atoms. The van der Waals surface area contributed by atoms with Crippen molar-refractivity contribution in [3.05, 3.63) is 53.3 Å². The van der Waals surface area contributed by atoms with Crippen LogP contribution in [-0.2, 0) is 6.54 Å². The summed E-state index contributed by atoms with van der Waals surface area (Å²) in [7, 11) is 0. The van der Waals surface area contributed by atoms with Gasteiger partial charge in [-0.1, -0.05) is 0 Å². The summed E-state index contributed by atoms with van der Waals surface area (Å²) < 4.78 is 8.33. The number of anilines is 1. The Balaban J connectivity index is 1.69. The van der Waals surface area contributed by atoms with E-state index in [1.165, 1.54) is 9.08 Å². The molecule has 0 radical (unpaired) electrons. The van der Waals surface area contributed by atoms with E-state index < -0.39 is 0 Å². The molecule has 0 saturated heterocycles. The van der Waals surface area contributed by atoms with E-state index in [2.05, 4.69) is 10.1 Å².